The van der Waals surface area contributed by atoms with E-state index < -0.39 is 5.97 Å². The second-order valence-electron chi connectivity index (χ2n) is 9.36. The van der Waals surface area contributed by atoms with Gasteiger partial charge in [0, 0.05) is 15.2 Å². The summed E-state index contributed by atoms with van der Waals surface area (Å²) in [6.45, 7) is 3.52. The van der Waals surface area contributed by atoms with Crippen LogP contribution in [0.4, 0.5) is 5.69 Å². The van der Waals surface area contributed by atoms with Gasteiger partial charge in [-0.2, -0.15) is 0 Å². The molecule has 0 N–H and O–H groups in total. The molecule has 34 heavy (non-hydrogen) atoms. The smallest absolute Gasteiger partial charge is 0.338 e. The Kier molecular flexibility index (Phi) is 6.01. The first kappa shape index (κ1) is 23.4. The van der Waals surface area contributed by atoms with E-state index in [1.54, 1.807) is 24.3 Å². The Labute approximate surface area is 214 Å². The van der Waals surface area contributed by atoms with Gasteiger partial charge in [0.15, 0.2) is 12.4 Å². The van der Waals surface area contributed by atoms with Crippen molar-refractivity contribution in [3.05, 3.63) is 64.7 Å². The molecule has 2 saturated carbocycles. The maximum Gasteiger partial charge on any atom is 0.338 e. The molecule has 2 aromatic carbocycles. The molecule has 0 aromatic heterocycles. The van der Waals surface area contributed by atoms with Crippen LogP contribution in [0, 0.1) is 37.5 Å². The summed E-state index contributed by atoms with van der Waals surface area (Å²) < 4.78 is 5.20. The number of nitrogens with zero attached hydrogens (tertiary/aromatic N) is 1. The van der Waals surface area contributed by atoms with Gasteiger partial charge in [0.05, 0.1) is 23.1 Å². The first-order valence-corrected chi connectivity index (χ1v) is 13.1. The number of halogens is 2. The minimum absolute atomic E-state index is 0.143. The van der Waals surface area contributed by atoms with Crippen LogP contribution in [0.15, 0.2) is 42.5 Å². The summed E-state index contributed by atoms with van der Waals surface area (Å²) in [5, 5.41) is 0. The number of fused-ring (bicyclic) bond motifs is 5. The summed E-state index contributed by atoms with van der Waals surface area (Å²) in [7, 11) is 0. The lowest BCUT2D eigenvalue weighted by atomic mass is 9.81. The van der Waals surface area contributed by atoms with Crippen LogP contribution in [-0.2, 0) is 14.3 Å². The summed E-state index contributed by atoms with van der Waals surface area (Å²) in [6.07, 6.45) is 0.873. The summed E-state index contributed by atoms with van der Waals surface area (Å²) in [5.41, 5.74) is 3.27. The molecule has 0 radical (unpaired) electrons. The highest BCUT2D eigenvalue weighted by Gasteiger charge is 2.66. The van der Waals surface area contributed by atoms with Gasteiger partial charge in [-0.25, -0.2) is 4.79 Å². The number of aryl methyl sites for hydroxylation is 2. The van der Waals surface area contributed by atoms with Gasteiger partial charge in [-0.05, 0) is 73.6 Å². The zero-order chi connectivity index (χ0) is 24.3. The molecule has 6 atom stereocenters. The highest BCUT2D eigenvalue weighted by Crippen LogP contribution is 2.60. The van der Waals surface area contributed by atoms with E-state index in [1.807, 2.05) is 19.9 Å². The molecular formula is C26H23Br2NO5. The third kappa shape index (κ3) is 3.66. The van der Waals surface area contributed by atoms with E-state index >= 15 is 0 Å². The second kappa shape index (κ2) is 8.72. The Morgan fingerprint density at radius 2 is 1.44 bits per heavy atom. The van der Waals surface area contributed by atoms with Crippen LogP contribution < -0.4 is 4.90 Å². The Balaban J connectivity index is 1.25. The monoisotopic (exact) mass is 587 g/mol. The highest BCUT2D eigenvalue weighted by molar-refractivity contribution is 9.12. The maximum atomic E-state index is 13.2. The number of Topliss-reactive ketones (excluding diaryl/α,β-unsaturated/α-hetero) is 1. The molecule has 176 valence electrons. The largest absolute Gasteiger partial charge is 0.454 e. The van der Waals surface area contributed by atoms with Gasteiger partial charge >= 0.3 is 5.97 Å². The fraction of sp³-hybridized carbons (Fsp3) is 0.385. The van der Waals surface area contributed by atoms with Crippen LogP contribution >= 0.6 is 31.9 Å². The summed E-state index contributed by atoms with van der Waals surface area (Å²) in [4.78, 5) is 52.8. The Hall–Kier alpha value is -2.32. The van der Waals surface area contributed by atoms with Crippen LogP contribution in [0.3, 0.4) is 0 Å². The Bertz CT molecular complexity index is 1180. The molecule has 2 bridgehead atoms. The summed E-state index contributed by atoms with van der Waals surface area (Å²) in [5.74, 6) is -1.55. The number of hydrogen-bond acceptors (Lipinski definition) is 5. The first-order chi connectivity index (χ1) is 16.2. The number of ketones is 1. The number of imide groups is 1. The van der Waals surface area contributed by atoms with Crippen molar-refractivity contribution in [2.75, 3.05) is 11.5 Å². The number of hydrogen-bond donors (Lipinski definition) is 0. The predicted molar refractivity (Wildman–Crippen MR) is 133 cm³/mol. The van der Waals surface area contributed by atoms with Crippen LogP contribution in [0.1, 0.15) is 38.3 Å². The molecule has 6 nitrogen and oxygen atoms in total. The molecule has 2 aliphatic carbocycles. The number of ether oxygens (including phenoxy) is 1. The van der Waals surface area contributed by atoms with E-state index in [0.717, 1.165) is 17.5 Å². The molecule has 2 aromatic rings. The SMILES string of the molecule is Cc1ccc(C(=O)COC(=O)c2ccc(N3C(=O)[C@@H]4[C@H]5C[C@@H]([C@H](Br)[C@@H]5Br)[C@@H]4C3=O)cc2)cc1C. The number of amides is 2. The van der Waals surface area contributed by atoms with Crippen molar-refractivity contribution in [2.45, 2.75) is 29.9 Å². The third-order valence-electron chi connectivity index (χ3n) is 7.51. The van der Waals surface area contributed by atoms with Gasteiger partial charge in [0.25, 0.3) is 0 Å². The minimum atomic E-state index is -0.637. The lowest BCUT2D eigenvalue weighted by Crippen LogP contribution is -2.37. The first-order valence-electron chi connectivity index (χ1n) is 11.2. The molecule has 8 heteroatoms. The number of alkyl halides is 2. The number of carbonyl (C=O) groups is 4. The number of carbonyl (C=O) groups excluding carboxylic acids is 4. The third-order valence-corrected chi connectivity index (χ3v) is 10.7. The molecule has 3 aliphatic rings. The molecule has 0 unspecified atom stereocenters. The van der Waals surface area contributed by atoms with Crippen molar-refractivity contribution < 1.29 is 23.9 Å². The lowest BCUT2D eigenvalue weighted by Gasteiger charge is -2.28. The molecule has 5 rings (SSSR count). The molecular weight excluding hydrogens is 566 g/mol. The van der Waals surface area contributed by atoms with Gasteiger partial charge in [-0.1, -0.05) is 44.0 Å². The molecule has 2 amide bonds. The van der Waals surface area contributed by atoms with Crippen LogP contribution in [0.5, 0.6) is 0 Å². The quantitative estimate of drug-likeness (QED) is 0.220. The van der Waals surface area contributed by atoms with Crippen molar-refractivity contribution in [1.29, 1.82) is 0 Å². The van der Waals surface area contributed by atoms with Crippen molar-refractivity contribution in [1.82, 2.24) is 0 Å². The van der Waals surface area contributed by atoms with Crippen molar-refractivity contribution in [2.24, 2.45) is 23.7 Å². The Morgan fingerprint density at radius 3 is 2.00 bits per heavy atom. The fourth-order valence-electron chi connectivity index (χ4n) is 5.56. The average molecular weight is 589 g/mol. The maximum absolute atomic E-state index is 13.2. The Morgan fingerprint density at radius 1 is 0.882 bits per heavy atom. The van der Waals surface area contributed by atoms with Gasteiger partial charge in [-0.3, -0.25) is 19.3 Å². The van der Waals surface area contributed by atoms with Crippen LogP contribution in [0.2, 0.25) is 0 Å². The number of anilines is 1. The summed E-state index contributed by atoms with van der Waals surface area (Å²) >= 11 is 7.38. The fourth-order valence-corrected chi connectivity index (χ4v) is 7.44. The van der Waals surface area contributed by atoms with Gasteiger partial charge < -0.3 is 4.74 Å². The van der Waals surface area contributed by atoms with Gasteiger partial charge in [0.1, 0.15) is 0 Å². The summed E-state index contributed by atoms with van der Waals surface area (Å²) in [6, 6.07) is 11.6. The minimum Gasteiger partial charge on any atom is -0.454 e. The number of esters is 1. The number of rotatable bonds is 5. The molecule has 1 heterocycles. The standard InChI is InChI=1S/C26H23Br2NO5/c1-12-3-4-15(9-13(12)2)19(30)11-34-26(33)14-5-7-16(8-6-14)29-24(31)20-17-10-18(21(20)25(29)32)23(28)22(17)27/h3-9,17-18,20-23H,10-11H2,1-2H3/t17-,18-,20-,21+,22-,23+/m1/s1. The van der Waals surface area contributed by atoms with E-state index in [0.29, 0.717) is 11.3 Å². The van der Waals surface area contributed by atoms with E-state index in [1.165, 1.54) is 17.0 Å². The van der Waals surface area contributed by atoms with Crippen LogP contribution in [0.25, 0.3) is 0 Å². The van der Waals surface area contributed by atoms with Crippen molar-refractivity contribution in [3.8, 4) is 0 Å². The zero-order valence-electron chi connectivity index (χ0n) is 18.7. The average Bonchev–Trinajstić information content (AvgIpc) is 3.44. The predicted octanol–water partition coefficient (Wildman–Crippen LogP) is 4.63. The molecule has 1 aliphatic heterocycles. The van der Waals surface area contributed by atoms with E-state index in [4.69, 9.17) is 4.74 Å². The normalized spacial score (nSPS) is 29.5. The van der Waals surface area contributed by atoms with Crippen molar-refractivity contribution in [3.63, 3.8) is 0 Å². The van der Waals surface area contributed by atoms with E-state index in [2.05, 4.69) is 31.9 Å². The van der Waals surface area contributed by atoms with Gasteiger partial charge in [0.2, 0.25) is 11.8 Å². The van der Waals surface area contributed by atoms with Gasteiger partial charge in [-0.15, -0.1) is 0 Å². The second-order valence-corrected chi connectivity index (χ2v) is 11.5. The topological polar surface area (TPSA) is 80.8 Å². The molecule has 3 fully saturated rings. The highest BCUT2D eigenvalue weighted by atomic mass is 79.9. The van der Waals surface area contributed by atoms with Crippen molar-refractivity contribution >= 4 is 61.1 Å². The molecule has 1 saturated heterocycles. The van der Waals surface area contributed by atoms with E-state index in [9.17, 15) is 19.2 Å². The lowest BCUT2D eigenvalue weighted by molar-refractivity contribution is -0.123. The van der Waals surface area contributed by atoms with Crippen LogP contribution in [-0.4, -0.2) is 39.8 Å². The number of benzene rings is 2. The van der Waals surface area contributed by atoms with E-state index in [-0.39, 0.29) is 63.1 Å². The zero-order valence-corrected chi connectivity index (χ0v) is 21.8. The molecule has 0 spiro atoms.